The Morgan fingerprint density at radius 3 is 2.32 bits per heavy atom. The van der Waals surface area contributed by atoms with Gasteiger partial charge in [-0.25, -0.2) is 4.31 Å². The molecule has 0 bridgehead atoms. The first kappa shape index (κ1) is 23.4. The summed E-state index contributed by atoms with van der Waals surface area (Å²) in [5.74, 6) is -1.07. The van der Waals surface area contributed by atoms with Gasteiger partial charge in [-0.3, -0.25) is 9.69 Å². The fourth-order valence-corrected chi connectivity index (χ4v) is 4.87. The van der Waals surface area contributed by atoms with E-state index in [4.69, 9.17) is 5.11 Å². The molecule has 0 aromatic heterocycles. The first-order valence-electron chi connectivity index (χ1n) is 9.93. The molecule has 1 aliphatic rings. The summed E-state index contributed by atoms with van der Waals surface area (Å²) in [5, 5.41) is 9.00. The molecular formula is C22H25F3N2O3S. The number of carboxylic acid groups (broad SMARTS) is 1. The lowest BCUT2D eigenvalue weighted by molar-refractivity contribution is -0.274. The quantitative estimate of drug-likeness (QED) is 0.606. The third kappa shape index (κ3) is 7.15. The van der Waals surface area contributed by atoms with Crippen LogP contribution in [-0.4, -0.2) is 51.8 Å². The molecule has 31 heavy (non-hydrogen) atoms. The molecule has 1 saturated heterocycles. The highest BCUT2D eigenvalue weighted by atomic mass is 32.2. The number of aliphatic carboxylic acids is 1. The molecule has 0 amide bonds. The van der Waals surface area contributed by atoms with Crippen molar-refractivity contribution in [3.8, 4) is 5.75 Å². The predicted octanol–water partition coefficient (Wildman–Crippen LogP) is 4.81. The molecule has 0 radical (unpaired) electrons. The standard InChI is InChI=1S/C22H25F3N2O3S/c1-15-12-26(14-17-6-8-19(9-7-17)30-22(23,24)25)13-16(2)27(15)31-20-5-3-4-18(10-20)11-21(28)29/h3-10,15-16H,11-14H2,1-2H3,(H,28,29). The van der Waals surface area contributed by atoms with Crippen LogP contribution in [0.5, 0.6) is 5.75 Å². The summed E-state index contributed by atoms with van der Waals surface area (Å²) in [7, 11) is 0. The highest BCUT2D eigenvalue weighted by Gasteiger charge is 2.32. The Hall–Kier alpha value is -2.23. The first-order chi connectivity index (χ1) is 14.6. The number of alkyl halides is 3. The van der Waals surface area contributed by atoms with Crippen molar-refractivity contribution in [2.24, 2.45) is 0 Å². The van der Waals surface area contributed by atoms with Gasteiger partial charge in [-0.1, -0.05) is 24.3 Å². The molecule has 168 valence electrons. The monoisotopic (exact) mass is 454 g/mol. The van der Waals surface area contributed by atoms with Crippen LogP contribution in [0.15, 0.2) is 53.4 Å². The molecule has 1 heterocycles. The van der Waals surface area contributed by atoms with E-state index in [0.29, 0.717) is 6.54 Å². The first-order valence-corrected chi connectivity index (χ1v) is 10.7. The molecule has 1 N–H and O–H groups in total. The van der Waals surface area contributed by atoms with Crippen LogP contribution >= 0.6 is 11.9 Å². The van der Waals surface area contributed by atoms with Gasteiger partial charge in [-0.05, 0) is 61.2 Å². The normalized spacial score (nSPS) is 20.5. The average Bonchev–Trinajstić information content (AvgIpc) is 2.65. The van der Waals surface area contributed by atoms with E-state index in [1.54, 1.807) is 24.1 Å². The number of piperazine rings is 1. The number of nitrogens with zero attached hydrogens (tertiary/aromatic N) is 2. The molecule has 5 nitrogen and oxygen atoms in total. The second-order valence-corrected chi connectivity index (χ2v) is 8.83. The second kappa shape index (κ2) is 9.93. The van der Waals surface area contributed by atoms with E-state index in [1.807, 2.05) is 24.3 Å². The van der Waals surface area contributed by atoms with Crippen LogP contribution in [0.4, 0.5) is 13.2 Å². The topological polar surface area (TPSA) is 53.0 Å². The van der Waals surface area contributed by atoms with Crippen LogP contribution in [-0.2, 0) is 17.8 Å². The minimum absolute atomic E-state index is 0.0000847. The molecule has 1 aliphatic heterocycles. The maximum atomic E-state index is 12.3. The van der Waals surface area contributed by atoms with Crippen molar-refractivity contribution in [3.63, 3.8) is 0 Å². The van der Waals surface area contributed by atoms with Gasteiger partial charge in [-0.2, -0.15) is 0 Å². The largest absolute Gasteiger partial charge is 0.573 e. The van der Waals surface area contributed by atoms with E-state index in [0.717, 1.165) is 29.1 Å². The Morgan fingerprint density at radius 1 is 1.10 bits per heavy atom. The maximum absolute atomic E-state index is 12.3. The van der Waals surface area contributed by atoms with Gasteiger partial charge in [-0.15, -0.1) is 13.2 Å². The van der Waals surface area contributed by atoms with E-state index in [-0.39, 0.29) is 24.3 Å². The summed E-state index contributed by atoms with van der Waals surface area (Å²) in [6, 6.07) is 14.1. The van der Waals surface area contributed by atoms with Crippen molar-refractivity contribution in [3.05, 3.63) is 59.7 Å². The second-order valence-electron chi connectivity index (χ2n) is 7.75. The third-order valence-electron chi connectivity index (χ3n) is 4.94. The lowest BCUT2D eigenvalue weighted by atomic mass is 10.1. The van der Waals surface area contributed by atoms with Crippen molar-refractivity contribution >= 4 is 17.9 Å². The summed E-state index contributed by atoms with van der Waals surface area (Å²) in [6.45, 7) is 6.54. The SMILES string of the molecule is CC1CN(Cc2ccc(OC(F)(F)F)cc2)CC(C)N1Sc1cccc(CC(=O)O)c1. The molecule has 9 heteroatoms. The van der Waals surface area contributed by atoms with Crippen LogP contribution in [0.3, 0.4) is 0 Å². The Bertz CT molecular complexity index is 880. The summed E-state index contributed by atoms with van der Waals surface area (Å²) in [5.41, 5.74) is 1.70. The number of carboxylic acids is 1. The summed E-state index contributed by atoms with van der Waals surface area (Å²) in [4.78, 5) is 14.3. The summed E-state index contributed by atoms with van der Waals surface area (Å²) in [6.07, 6.45) is -4.69. The fourth-order valence-electron chi connectivity index (χ4n) is 3.79. The van der Waals surface area contributed by atoms with E-state index in [9.17, 15) is 18.0 Å². The molecule has 1 fully saturated rings. The Kier molecular flexibility index (Phi) is 7.51. The Labute approximate surface area is 183 Å². The lowest BCUT2D eigenvalue weighted by Gasteiger charge is -2.43. The number of ether oxygens (including phenoxy) is 1. The van der Waals surface area contributed by atoms with Crippen molar-refractivity contribution in [2.75, 3.05) is 13.1 Å². The van der Waals surface area contributed by atoms with E-state index < -0.39 is 12.3 Å². The minimum atomic E-state index is -4.69. The molecule has 3 rings (SSSR count). The van der Waals surface area contributed by atoms with Gasteiger partial charge >= 0.3 is 12.3 Å². The smallest absolute Gasteiger partial charge is 0.481 e. The van der Waals surface area contributed by atoms with Crippen LogP contribution < -0.4 is 4.74 Å². The zero-order valence-electron chi connectivity index (χ0n) is 17.3. The predicted molar refractivity (Wildman–Crippen MR) is 113 cm³/mol. The van der Waals surface area contributed by atoms with Crippen LogP contribution in [0.2, 0.25) is 0 Å². The van der Waals surface area contributed by atoms with Gasteiger partial charge in [0.05, 0.1) is 6.42 Å². The fraction of sp³-hybridized carbons (Fsp3) is 0.409. The van der Waals surface area contributed by atoms with Crippen molar-refractivity contribution < 1.29 is 27.8 Å². The lowest BCUT2D eigenvalue weighted by Crippen LogP contribution is -2.53. The zero-order valence-corrected chi connectivity index (χ0v) is 18.1. The molecule has 2 unspecified atom stereocenters. The Morgan fingerprint density at radius 2 is 1.74 bits per heavy atom. The van der Waals surface area contributed by atoms with Crippen LogP contribution in [0.1, 0.15) is 25.0 Å². The molecule has 2 atom stereocenters. The maximum Gasteiger partial charge on any atom is 0.573 e. The number of carbonyl (C=O) groups is 1. The highest BCUT2D eigenvalue weighted by molar-refractivity contribution is 7.97. The van der Waals surface area contributed by atoms with Crippen LogP contribution in [0, 0.1) is 0 Å². The third-order valence-corrected chi connectivity index (χ3v) is 6.34. The Balaban J connectivity index is 1.58. The minimum Gasteiger partial charge on any atom is -0.481 e. The molecule has 0 spiro atoms. The molecule has 0 aliphatic carbocycles. The van der Waals surface area contributed by atoms with Crippen molar-refractivity contribution in [1.29, 1.82) is 0 Å². The van der Waals surface area contributed by atoms with Crippen molar-refractivity contribution in [1.82, 2.24) is 9.21 Å². The van der Waals surface area contributed by atoms with Gasteiger partial charge in [0.2, 0.25) is 0 Å². The number of hydrogen-bond acceptors (Lipinski definition) is 5. The summed E-state index contributed by atoms with van der Waals surface area (Å²) >= 11 is 1.63. The molecule has 0 saturated carbocycles. The van der Waals surface area contributed by atoms with Crippen LogP contribution in [0.25, 0.3) is 0 Å². The summed E-state index contributed by atoms with van der Waals surface area (Å²) < 4.78 is 43.2. The van der Waals surface area contributed by atoms with E-state index >= 15 is 0 Å². The number of halogens is 3. The molecule has 2 aromatic carbocycles. The van der Waals surface area contributed by atoms with Gasteiger partial charge < -0.3 is 9.84 Å². The number of benzene rings is 2. The van der Waals surface area contributed by atoms with E-state index in [1.165, 1.54) is 12.1 Å². The number of rotatable bonds is 7. The molecular weight excluding hydrogens is 429 g/mol. The van der Waals surface area contributed by atoms with Gasteiger partial charge in [0.1, 0.15) is 5.75 Å². The molecule has 2 aromatic rings. The van der Waals surface area contributed by atoms with Gasteiger partial charge in [0.15, 0.2) is 0 Å². The zero-order chi connectivity index (χ0) is 22.6. The van der Waals surface area contributed by atoms with Gasteiger partial charge in [0.25, 0.3) is 0 Å². The van der Waals surface area contributed by atoms with Crippen molar-refractivity contribution in [2.45, 2.75) is 50.2 Å². The highest BCUT2D eigenvalue weighted by Crippen LogP contribution is 2.31. The number of hydrogen-bond donors (Lipinski definition) is 1. The average molecular weight is 455 g/mol. The van der Waals surface area contributed by atoms with E-state index in [2.05, 4.69) is 27.8 Å². The van der Waals surface area contributed by atoms with Gasteiger partial charge in [0, 0.05) is 36.6 Å².